The Morgan fingerprint density at radius 2 is 1.53 bits per heavy atom. The third-order valence-corrected chi connectivity index (χ3v) is 2.44. The highest BCUT2D eigenvalue weighted by Gasteiger charge is 2.14. The van der Waals surface area contributed by atoms with Crippen LogP contribution in [0.3, 0.4) is 0 Å². The van der Waals surface area contributed by atoms with Gasteiger partial charge in [0.05, 0.1) is 0 Å². The van der Waals surface area contributed by atoms with Gasteiger partial charge in [0.1, 0.15) is 0 Å². The lowest BCUT2D eigenvalue weighted by Gasteiger charge is -2.20. The molecule has 0 unspecified atom stereocenters. The molecule has 0 aliphatic rings. The van der Waals surface area contributed by atoms with Crippen LogP contribution in [0.4, 0.5) is 0 Å². The average Bonchev–Trinajstić information content (AvgIpc) is 2.23. The van der Waals surface area contributed by atoms with Crippen molar-refractivity contribution >= 4 is 12.0 Å². The summed E-state index contributed by atoms with van der Waals surface area (Å²) in [4.78, 5) is 12.0. The van der Waals surface area contributed by atoms with Crippen LogP contribution in [0.5, 0.6) is 0 Å². The fraction of sp³-hybridized carbons (Fsp3) is 0.471. The van der Waals surface area contributed by atoms with Gasteiger partial charge in [0.2, 0.25) is 0 Å². The summed E-state index contributed by atoms with van der Waals surface area (Å²) in [5.41, 5.74) is 1.77. The Bertz CT molecular complexity index is 456. The van der Waals surface area contributed by atoms with E-state index in [2.05, 4.69) is 38.2 Å². The smallest absolute Gasteiger partial charge is 0.251 e. The van der Waals surface area contributed by atoms with Crippen LogP contribution in [0.25, 0.3) is 6.08 Å². The minimum atomic E-state index is -0.206. The van der Waals surface area contributed by atoms with Crippen molar-refractivity contribution in [1.82, 2.24) is 5.32 Å². The first kappa shape index (κ1) is 15.5. The summed E-state index contributed by atoms with van der Waals surface area (Å²) in [5, 5.41) is 2.95. The molecule has 0 radical (unpaired) electrons. The lowest BCUT2D eigenvalue weighted by molar-refractivity contribution is 0.0919. The zero-order valence-corrected chi connectivity index (χ0v) is 12.9. The summed E-state index contributed by atoms with van der Waals surface area (Å²) in [6.07, 6.45) is 4.25. The molecule has 1 N–H and O–H groups in total. The Balaban J connectivity index is 2.77. The molecule has 1 amide bonds. The van der Waals surface area contributed by atoms with Gasteiger partial charge in [0.15, 0.2) is 0 Å². The molecular weight excluding hydrogens is 234 g/mol. The molecule has 0 aromatic heterocycles. The Morgan fingerprint density at radius 3 is 1.95 bits per heavy atom. The van der Waals surface area contributed by atoms with Crippen molar-refractivity contribution in [2.45, 2.75) is 47.1 Å². The number of rotatable bonds is 2. The van der Waals surface area contributed by atoms with Crippen LogP contribution < -0.4 is 5.32 Å². The molecule has 0 fully saturated rings. The van der Waals surface area contributed by atoms with Gasteiger partial charge in [-0.3, -0.25) is 4.79 Å². The van der Waals surface area contributed by atoms with Crippen LogP contribution in [0, 0.1) is 5.41 Å². The van der Waals surface area contributed by atoms with E-state index in [0.29, 0.717) is 5.56 Å². The van der Waals surface area contributed by atoms with Gasteiger partial charge in [0, 0.05) is 11.1 Å². The number of hydrogen-bond donors (Lipinski definition) is 1. The van der Waals surface area contributed by atoms with E-state index in [0.717, 1.165) is 5.56 Å². The SMILES string of the molecule is CC(C)(C)C=Cc1ccc(C(=O)NC(C)(C)C)cc1. The topological polar surface area (TPSA) is 29.1 Å². The molecule has 0 aliphatic heterocycles. The fourth-order valence-corrected chi connectivity index (χ4v) is 1.50. The second kappa shape index (κ2) is 5.60. The third kappa shape index (κ3) is 6.23. The van der Waals surface area contributed by atoms with E-state index in [1.54, 1.807) is 0 Å². The molecule has 0 saturated heterocycles. The molecule has 0 bridgehead atoms. The highest BCUT2D eigenvalue weighted by atomic mass is 16.1. The molecule has 0 saturated carbocycles. The molecule has 1 aromatic rings. The maximum absolute atomic E-state index is 12.0. The average molecular weight is 259 g/mol. The van der Waals surface area contributed by atoms with Crippen LogP contribution in [0.1, 0.15) is 57.5 Å². The number of nitrogens with one attached hydrogen (secondary N) is 1. The zero-order chi connectivity index (χ0) is 14.7. The summed E-state index contributed by atoms with van der Waals surface area (Å²) in [6.45, 7) is 12.4. The molecular formula is C17H25NO. The number of hydrogen-bond acceptors (Lipinski definition) is 1. The molecule has 0 heterocycles. The van der Waals surface area contributed by atoms with Crippen LogP contribution in [-0.2, 0) is 0 Å². The molecule has 1 rings (SSSR count). The van der Waals surface area contributed by atoms with Crippen molar-refractivity contribution in [3.63, 3.8) is 0 Å². The van der Waals surface area contributed by atoms with Crippen molar-refractivity contribution in [3.8, 4) is 0 Å². The number of allylic oxidation sites excluding steroid dienone is 1. The quantitative estimate of drug-likeness (QED) is 0.844. The van der Waals surface area contributed by atoms with Crippen molar-refractivity contribution < 1.29 is 4.79 Å². The maximum atomic E-state index is 12.0. The normalized spacial score (nSPS) is 12.7. The second-order valence-electron chi connectivity index (χ2n) is 7.03. The number of carbonyl (C=O) groups excluding carboxylic acids is 1. The van der Waals surface area contributed by atoms with Crippen molar-refractivity contribution in [2.75, 3.05) is 0 Å². The molecule has 2 nitrogen and oxygen atoms in total. The summed E-state index contributed by atoms with van der Waals surface area (Å²) in [5.74, 6) is -0.0288. The standard InChI is InChI=1S/C17H25NO/c1-16(2,3)12-11-13-7-9-14(10-8-13)15(19)18-17(4,5)6/h7-12H,1-6H3,(H,18,19). The van der Waals surface area contributed by atoms with E-state index in [1.165, 1.54) is 0 Å². The minimum Gasteiger partial charge on any atom is -0.347 e. The van der Waals surface area contributed by atoms with Gasteiger partial charge in [-0.25, -0.2) is 0 Å². The van der Waals surface area contributed by atoms with Crippen molar-refractivity contribution in [1.29, 1.82) is 0 Å². The second-order valence-corrected chi connectivity index (χ2v) is 7.03. The summed E-state index contributed by atoms with van der Waals surface area (Å²) in [6, 6.07) is 7.67. The first-order valence-corrected chi connectivity index (χ1v) is 6.69. The molecule has 0 atom stereocenters. The highest BCUT2D eigenvalue weighted by Crippen LogP contribution is 2.17. The van der Waals surface area contributed by atoms with Gasteiger partial charge in [0.25, 0.3) is 5.91 Å². The monoisotopic (exact) mass is 259 g/mol. The predicted octanol–water partition coefficient (Wildman–Crippen LogP) is 4.27. The number of amides is 1. The maximum Gasteiger partial charge on any atom is 0.251 e. The van der Waals surface area contributed by atoms with E-state index in [1.807, 2.05) is 45.0 Å². The van der Waals surface area contributed by atoms with Crippen LogP contribution in [0.15, 0.2) is 30.3 Å². The minimum absolute atomic E-state index is 0.0288. The molecule has 19 heavy (non-hydrogen) atoms. The zero-order valence-electron chi connectivity index (χ0n) is 12.9. The van der Waals surface area contributed by atoms with Crippen LogP contribution in [-0.4, -0.2) is 11.4 Å². The van der Waals surface area contributed by atoms with E-state index in [-0.39, 0.29) is 16.9 Å². The van der Waals surface area contributed by atoms with Crippen molar-refractivity contribution in [2.24, 2.45) is 5.41 Å². The van der Waals surface area contributed by atoms with E-state index < -0.39 is 0 Å². The van der Waals surface area contributed by atoms with Gasteiger partial charge in [-0.15, -0.1) is 0 Å². The van der Waals surface area contributed by atoms with Crippen LogP contribution >= 0.6 is 0 Å². The van der Waals surface area contributed by atoms with Gasteiger partial charge in [-0.1, -0.05) is 45.1 Å². The lowest BCUT2D eigenvalue weighted by atomic mass is 9.95. The first-order chi connectivity index (χ1) is 8.57. The summed E-state index contributed by atoms with van der Waals surface area (Å²) in [7, 11) is 0. The Morgan fingerprint density at radius 1 is 1.00 bits per heavy atom. The lowest BCUT2D eigenvalue weighted by Crippen LogP contribution is -2.40. The summed E-state index contributed by atoms with van der Waals surface area (Å²) >= 11 is 0. The van der Waals surface area contributed by atoms with Gasteiger partial charge >= 0.3 is 0 Å². The van der Waals surface area contributed by atoms with Gasteiger partial charge < -0.3 is 5.32 Å². The van der Waals surface area contributed by atoms with Crippen LogP contribution in [0.2, 0.25) is 0 Å². The third-order valence-electron chi connectivity index (χ3n) is 2.44. The Kier molecular flexibility index (Phi) is 4.56. The molecule has 104 valence electrons. The first-order valence-electron chi connectivity index (χ1n) is 6.69. The molecule has 2 heteroatoms. The Labute approximate surface area is 116 Å². The van der Waals surface area contributed by atoms with E-state index in [9.17, 15) is 4.79 Å². The van der Waals surface area contributed by atoms with E-state index >= 15 is 0 Å². The van der Waals surface area contributed by atoms with E-state index in [4.69, 9.17) is 0 Å². The molecule has 0 spiro atoms. The Hall–Kier alpha value is -1.57. The molecule has 0 aliphatic carbocycles. The van der Waals surface area contributed by atoms with Gasteiger partial charge in [-0.2, -0.15) is 0 Å². The number of benzene rings is 1. The predicted molar refractivity (Wildman–Crippen MR) is 82.2 cm³/mol. The van der Waals surface area contributed by atoms with Gasteiger partial charge in [-0.05, 0) is 43.9 Å². The molecule has 1 aromatic carbocycles. The fourth-order valence-electron chi connectivity index (χ4n) is 1.50. The number of carbonyl (C=O) groups is 1. The summed E-state index contributed by atoms with van der Waals surface area (Å²) < 4.78 is 0. The highest BCUT2D eigenvalue weighted by molar-refractivity contribution is 5.94. The van der Waals surface area contributed by atoms with Crippen molar-refractivity contribution in [3.05, 3.63) is 41.5 Å². The largest absolute Gasteiger partial charge is 0.347 e.